The highest BCUT2D eigenvalue weighted by Gasteiger charge is 2.37. The number of hydrogen-bond donors (Lipinski definition) is 2. The van der Waals surface area contributed by atoms with Crippen LogP contribution in [0.15, 0.2) is 0 Å². The van der Waals surface area contributed by atoms with Gasteiger partial charge in [0.2, 0.25) is 11.8 Å². The number of rotatable bonds is 5. The Labute approximate surface area is 126 Å². The number of likely N-dealkylation sites (tertiary alicyclic amines) is 1. The smallest absolute Gasteiger partial charge is 0.241 e. The molecule has 0 aromatic carbocycles. The van der Waals surface area contributed by atoms with Gasteiger partial charge in [-0.25, -0.2) is 0 Å². The molecule has 118 valence electrons. The van der Waals surface area contributed by atoms with Crippen LogP contribution in [0.25, 0.3) is 0 Å². The molecule has 0 unspecified atom stereocenters. The molecular weight excluding hydrogens is 266 g/mol. The third kappa shape index (κ3) is 3.76. The van der Waals surface area contributed by atoms with Gasteiger partial charge >= 0.3 is 0 Å². The lowest BCUT2D eigenvalue weighted by Crippen LogP contribution is -2.40. The van der Waals surface area contributed by atoms with Gasteiger partial charge in [-0.3, -0.25) is 9.59 Å². The van der Waals surface area contributed by atoms with E-state index < -0.39 is 0 Å². The molecule has 5 heteroatoms. The Morgan fingerprint density at radius 1 is 1.10 bits per heavy atom. The van der Waals surface area contributed by atoms with Crippen LogP contribution in [-0.2, 0) is 9.59 Å². The van der Waals surface area contributed by atoms with E-state index in [0.29, 0.717) is 18.3 Å². The fraction of sp³-hybridized carbons (Fsp3) is 0.875. The number of carbonyl (C=O) groups is 2. The van der Waals surface area contributed by atoms with Gasteiger partial charge < -0.3 is 15.5 Å². The quantitative estimate of drug-likeness (QED) is 0.786. The summed E-state index contributed by atoms with van der Waals surface area (Å²) in [7, 11) is 0. The largest absolute Gasteiger partial charge is 0.347 e. The molecule has 2 amide bonds. The maximum Gasteiger partial charge on any atom is 0.241 e. The molecule has 3 fully saturated rings. The molecule has 0 bridgehead atoms. The van der Waals surface area contributed by atoms with Crippen LogP contribution in [0.1, 0.15) is 38.5 Å². The first kappa shape index (κ1) is 14.8. The van der Waals surface area contributed by atoms with E-state index >= 15 is 0 Å². The normalized spacial score (nSPS) is 28.9. The van der Waals surface area contributed by atoms with Crippen molar-refractivity contribution < 1.29 is 9.59 Å². The summed E-state index contributed by atoms with van der Waals surface area (Å²) in [4.78, 5) is 25.9. The predicted molar refractivity (Wildman–Crippen MR) is 80.6 cm³/mol. The average molecular weight is 293 g/mol. The molecule has 0 radical (unpaired) electrons. The van der Waals surface area contributed by atoms with Crippen molar-refractivity contribution in [1.29, 1.82) is 0 Å². The minimum absolute atomic E-state index is 0.0382. The molecular formula is C16H27N3O2. The van der Waals surface area contributed by atoms with Crippen molar-refractivity contribution in [3.8, 4) is 0 Å². The SMILES string of the molecule is O=C(CCC1CCCC1)NCC(=O)N1C[C@H]2CNC[C@H]2C1. The highest BCUT2D eigenvalue weighted by atomic mass is 16.2. The van der Waals surface area contributed by atoms with Gasteiger partial charge in [0.05, 0.1) is 6.54 Å². The summed E-state index contributed by atoms with van der Waals surface area (Å²) in [5, 5.41) is 6.17. The standard InChI is InChI=1S/C16H27N3O2/c20-15(6-5-12-3-1-2-4-12)18-9-16(21)19-10-13-7-17-8-14(13)11-19/h12-14,17H,1-11H2,(H,18,20)/t13-,14+. The molecule has 5 nitrogen and oxygen atoms in total. The summed E-state index contributed by atoms with van der Waals surface area (Å²) in [5.41, 5.74) is 0. The molecule has 1 aliphatic carbocycles. The fourth-order valence-corrected chi connectivity index (χ4v) is 4.07. The van der Waals surface area contributed by atoms with Crippen LogP contribution in [0.2, 0.25) is 0 Å². The van der Waals surface area contributed by atoms with Crippen molar-refractivity contribution in [2.45, 2.75) is 38.5 Å². The molecule has 3 rings (SSSR count). The highest BCUT2D eigenvalue weighted by molar-refractivity contribution is 5.84. The van der Waals surface area contributed by atoms with Crippen molar-refractivity contribution in [2.24, 2.45) is 17.8 Å². The maximum atomic E-state index is 12.1. The number of fused-ring (bicyclic) bond motifs is 1. The minimum atomic E-state index is 0.0382. The topological polar surface area (TPSA) is 61.4 Å². The Morgan fingerprint density at radius 3 is 2.43 bits per heavy atom. The fourth-order valence-electron chi connectivity index (χ4n) is 4.07. The molecule has 0 aromatic rings. The van der Waals surface area contributed by atoms with E-state index in [1.807, 2.05) is 4.90 Å². The van der Waals surface area contributed by atoms with Crippen LogP contribution in [0.3, 0.4) is 0 Å². The van der Waals surface area contributed by atoms with Gasteiger partial charge in [-0.05, 0) is 24.2 Å². The monoisotopic (exact) mass is 293 g/mol. The molecule has 3 aliphatic rings. The third-order valence-electron chi connectivity index (χ3n) is 5.43. The first-order valence-corrected chi connectivity index (χ1v) is 8.47. The van der Waals surface area contributed by atoms with Crippen LogP contribution in [-0.4, -0.2) is 49.4 Å². The van der Waals surface area contributed by atoms with Crippen LogP contribution >= 0.6 is 0 Å². The Kier molecular flexibility index (Phi) is 4.78. The summed E-state index contributed by atoms with van der Waals surface area (Å²) < 4.78 is 0. The van der Waals surface area contributed by atoms with E-state index in [-0.39, 0.29) is 18.4 Å². The van der Waals surface area contributed by atoms with Crippen molar-refractivity contribution in [3.63, 3.8) is 0 Å². The molecule has 1 saturated carbocycles. The van der Waals surface area contributed by atoms with Gasteiger partial charge in [0.1, 0.15) is 0 Å². The second-order valence-electron chi connectivity index (χ2n) is 6.94. The highest BCUT2D eigenvalue weighted by Crippen LogP contribution is 2.28. The van der Waals surface area contributed by atoms with Crippen LogP contribution in [0.4, 0.5) is 0 Å². The summed E-state index contributed by atoms with van der Waals surface area (Å²) in [6.07, 6.45) is 6.74. The van der Waals surface area contributed by atoms with E-state index in [0.717, 1.165) is 38.5 Å². The Morgan fingerprint density at radius 2 is 1.76 bits per heavy atom. The van der Waals surface area contributed by atoms with Gasteiger partial charge in [-0.15, -0.1) is 0 Å². The molecule has 0 aromatic heterocycles. The average Bonchev–Trinajstić information content (AvgIpc) is 3.17. The lowest BCUT2D eigenvalue weighted by atomic mass is 10.0. The van der Waals surface area contributed by atoms with Crippen LogP contribution in [0.5, 0.6) is 0 Å². The summed E-state index contributed by atoms with van der Waals surface area (Å²) in [5.74, 6) is 2.09. The molecule has 2 aliphatic heterocycles. The molecule has 2 saturated heterocycles. The number of carbonyl (C=O) groups excluding carboxylic acids is 2. The van der Waals surface area contributed by atoms with E-state index in [4.69, 9.17) is 0 Å². The van der Waals surface area contributed by atoms with Crippen LogP contribution < -0.4 is 10.6 Å². The van der Waals surface area contributed by atoms with Crippen LogP contribution in [0, 0.1) is 17.8 Å². The predicted octanol–water partition coefficient (Wildman–Crippen LogP) is 0.751. The number of nitrogens with zero attached hydrogens (tertiary/aromatic N) is 1. The van der Waals surface area contributed by atoms with Crippen molar-refractivity contribution in [1.82, 2.24) is 15.5 Å². The summed E-state index contributed by atoms with van der Waals surface area (Å²) >= 11 is 0. The Hall–Kier alpha value is -1.10. The second kappa shape index (κ2) is 6.77. The number of nitrogens with one attached hydrogen (secondary N) is 2. The second-order valence-corrected chi connectivity index (χ2v) is 6.94. The molecule has 2 atom stereocenters. The maximum absolute atomic E-state index is 12.1. The summed E-state index contributed by atoms with van der Waals surface area (Å²) in [6.45, 7) is 3.95. The number of amides is 2. The van der Waals surface area contributed by atoms with Gasteiger partial charge in [0.15, 0.2) is 0 Å². The number of hydrogen-bond acceptors (Lipinski definition) is 3. The van der Waals surface area contributed by atoms with E-state index in [9.17, 15) is 9.59 Å². The Bertz CT molecular complexity index is 381. The molecule has 0 spiro atoms. The van der Waals surface area contributed by atoms with Gasteiger partial charge in [-0.1, -0.05) is 25.7 Å². The van der Waals surface area contributed by atoms with Crippen molar-refractivity contribution in [3.05, 3.63) is 0 Å². The lowest BCUT2D eigenvalue weighted by Gasteiger charge is -2.18. The zero-order valence-corrected chi connectivity index (χ0v) is 12.8. The zero-order valence-electron chi connectivity index (χ0n) is 12.8. The first-order valence-electron chi connectivity index (χ1n) is 8.47. The first-order chi connectivity index (χ1) is 10.2. The minimum Gasteiger partial charge on any atom is -0.347 e. The van der Waals surface area contributed by atoms with Crippen molar-refractivity contribution in [2.75, 3.05) is 32.7 Å². The van der Waals surface area contributed by atoms with Gasteiger partial charge in [-0.2, -0.15) is 0 Å². The van der Waals surface area contributed by atoms with E-state index in [1.165, 1.54) is 25.7 Å². The van der Waals surface area contributed by atoms with E-state index in [1.54, 1.807) is 0 Å². The lowest BCUT2D eigenvalue weighted by molar-refractivity contribution is -0.132. The summed E-state index contributed by atoms with van der Waals surface area (Å²) in [6, 6.07) is 0. The third-order valence-corrected chi connectivity index (χ3v) is 5.43. The molecule has 2 N–H and O–H groups in total. The molecule has 2 heterocycles. The van der Waals surface area contributed by atoms with Gasteiger partial charge in [0.25, 0.3) is 0 Å². The Balaban J connectivity index is 1.32. The molecule has 21 heavy (non-hydrogen) atoms. The van der Waals surface area contributed by atoms with E-state index in [2.05, 4.69) is 10.6 Å². The van der Waals surface area contributed by atoms with Crippen molar-refractivity contribution >= 4 is 11.8 Å². The van der Waals surface area contributed by atoms with Gasteiger partial charge in [0, 0.05) is 32.6 Å². The zero-order chi connectivity index (χ0) is 14.7.